The molecular weight excluding hydrogens is 432 g/mol. The van der Waals surface area contributed by atoms with Crippen molar-refractivity contribution in [1.29, 1.82) is 0 Å². The number of carbonyl (C=O) groups is 1. The lowest BCUT2D eigenvalue weighted by Crippen LogP contribution is -2.13. The lowest BCUT2D eigenvalue weighted by atomic mass is 9.88. The van der Waals surface area contributed by atoms with Crippen LogP contribution >= 0.6 is 0 Å². The first-order valence-electron chi connectivity index (χ1n) is 15.0. The van der Waals surface area contributed by atoms with Crippen LogP contribution in [0.25, 0.3) is 0 Å². The normalized spacial score (nSPS) is 13.0. The maximum atomic E-state index is 12.1. The van der Waals surface area contributed by atoms with Gasteiger partial charge >= 0.3 is 5.97 Å². The van der Waals surface area contributed by atoms with Crippen LogP contribution in [0.15, 0.2) is 24.3 Å². The Balaban J connectivity index is 2.28. The first-order valence-corrected chi connectivity index (χ1v) is 15.0. The molecule has 0 aliphatic heterocycles. The summed E-state index contributed by atoms with van der Waals surface area (Å²) in [6.07, 6.45) is 22.8. The van der Waals surface area contributed by atoms with E-state index in [1.54, 1.807) is 6.07 Å². The largest absolute Gasteiger partial charge is 0.508 e. The maximum Gasteiger partial charge on any atom is 0.305 e. The van der Waals surface area contributed by atoms with Crippen LogP contribution in [0.1, 0.15) is 154 Å². The van der Waals surface area contributed by atoms with Gasteiger partial charge in [-0.25, -0.2) is 0 Å². The van der Waals surface area contributed by atoms with Crippen molar-refractivity contribution in [1.82, 2.24) is 0 Å². The molecule has 0 fully saturated rings. The Hall–Kier alpha value is -1.51. The first-order chi connectivity index (χ1) is 17.1. The molecule has 1 N–H and O–H groups in total. The molecule has 0 saturated carbocycles. The van der Waals surface area contributed by atoms with Gasteiger partial charge in [-0.15, -0.1) is 0 Å². The van der Waals surface area contributed by atoms with Gasteiger partial charge in [0, 0.05) is 6.42 Å². The van der Waals surface area contributed by atoms with E-state index in [1.807, 2.05) is 12.1 Å². The van der Waals surface area contributed by atoms with Crippen molar-refractivity contribution in [2.45, 2.75) is 149 Å². The van der Waals surface area contributed by atoms with E-state index in [0.717, 1.165) is 38.5 Å². The molecule has 3 heteroatoms. The Bertz CT molecular complexity index is 627. The van der Waals surface area contributed by atoms with Crippen molar-refractivity contribution in [2.75, 3.05) is 6.61 Å². The molecule has 35 heavy (non-hydrogen) atoms. The van der Waals surface area contributed by atoms with Crippen LogP contribution < -0.4 is 0 Å². The Morgan fingerprint density at radius 2 is 1.37 bits per heavy atom. The number of phenols is 1. The summed E-state index contributed by atoms with van der Waals surface area (Å²) in [5.41, 5.74) is 1.27. The molecule has 1 aromatic carbocycles. The zero-order valence-corrected chi connectivity index (χ0v) is 23.4. The molecule has 1 rings (SSSR count). The number of esters is 1. The summed E-state index contributed by atoms with van der Waals surface area (Å²) >= 11 is 0. The van der Waals surface area contributed by atoms with Gasteiger partial charge in [-0.1, -0.05) is 123 Å². The minimum absolute atomic E-state index is 0.0285. The van der Waals surface area contributed by atoms with E-state index in [4.69, 9.17) is 4.74 Å². The molecule has 0 heterocycles. The van der Waals surface area contributed by atoms with Crippen LogP contribution in [0.3, 0.4) is 0 Å². The van der Waals surface area contributed by atoms with E-state index in [0.29, 0.717) is 30.6 Å². The lowest BCUT2D eigenvalue weighted by Gasteiger charge is -2.18. The van der Waals surface area contributed by atoms with Crippen molar-refractivity contribution in [3.63, 3.8) is 0 Å². The quantitative estimate of drug-likeness (QED) is 0.123. The van der Waals surface area contributed by atoms with Gasteiger partial charge in [-0.3, -0.25) is 4.79 Å². The van der Waals surface area contributed by atoms with Crippen LogP contribution in [0.2, 0.25) is 0 Å². The second kappa shape index (κ2) is 21.7. The van der Waals surface area contributed by atoms with Crippen molar-refractivity contribution < 1.29 is 14.6 Å². The van der Waals surface area contributed by atoms with Crippen molar-refractivity contribution in [2.24, 2.45) is 5.92 Å². The standard InChI is InChI=1S/C32H56O3/c1-4-7-9-10-11-12-13-14-16-21-29(30-23-19-24-31(33)26-30)22-17-15-18-25-32(34)35-27-28(6-3)20-8-5-2/h19,23-24,26,28-29,33H,4-18,20-22,25,27H2,1-3H3. The number of phenolic OH excluding ortho intramolecular Hbond substituents is 1. The van der Waals surface area contributed by atoms with Crippen LogP contribution in [-0.2, 0) is 9.53 Å². The molecule has 0 saturated heterocycles. The summed E-state index contributed by atoms with van der Waals surface area (Å²) in [4.78, 5) is 12.1. The van der Waals surface area contributed by atoms with Crippen LogP contribution in [0.5, 0.6) is 5.75 Å². The third-order valence-corrected chi connectivity index (χ3v) is 7.45. The second-order valence-corrected chi connectivity index (χ2v) is 10.6. The highest BCUT2D eigenvalue weighted by Gasteiger charge is 2.13. The molecule has 0 aliphatic rings. The average molecular weight is 489 g/mol. The molecule has 2 unspecified atom stereocenters. The van der Waals surface area contributed by atoms with Crippen molar-refractivity contribution >= 4 is 5.97 Å². The van der Waals surface area contributed by atoms with E-state index in [2.05, 4.69) is 26.8 Å². The van der Waals surface area contributed by atoms with E-state index in [1.165, 1.54) is 82.6 Å². The number of unbranched alkanes of at least 4 members (excludes halogenated alkanes) is 11. The molecule has 2 atom stereocenters. The monoisotopic (exact) mass is 488 g/mol. The molecule has 0 bridgehead atoms. The Labute approximate surface area is 217 Å². The summed E-state index contributed by atoms with van der Waals surface area (Å²) in [7, 11) is 0. The number of aromatic hydroxyl groups is 1. The fourth-order valence-electron chi connectivity index (χ4n) is 4.98. The highest BCUT2D eigenvalue weighted by Crippen LogP contribution is 2.30. The molecule has 0 aliphatic carbocycles. The average Bonchev–Trinajstić information content (AvgIpc) is 2.86. The van der Waals surface area contributed by atoms with Crippen molar-refractivity contribution in [3.05, 3.63) is 29.8 Å². The van der Waals surface area contributed by atoms with E-state index in [-0.39, 0.29) is 5.97 Å². The summed E-state index contributed by atoms with van der Waals surface area (Å²) in [5.74, 6) is 1.36. The van der Waals surface area contributed by atoms with E-state index >= 15 is 0 Å². The second-order valence-electron chi connectivity index (χ2n) is 10.6. The van der Waals surface area contributed by atoms with Crippen molar-refractivity contribution in [3.8, 4) is 5.75 Å². The smallest absolute Gasteiger partial charge is 0.305 e. The number of ether oxygens (including phenoxy) is 1. The third-order valence-electron chi connectivity index (χ3n) is 7.45. The molecule has 0 aromatic heterocycles. The minimum Gasteiger partial charge on any atom is -0.508 e. The molecule has 202 valence electrons. The van der Waals surface area contributed by atoms with Gasteiger partial charge < -0.3 is 9.84 Å². The summed E-state index contributed by atoms with van der Waals surface area (Å²) in [5, 5.41) is 9.97. The van der Waals surface area contributed by atoms with Gasteiger partial charge in [0.05, 0.1) is 6.61 Å². The summed E-state index contributed by atoms with van der Waals surface area (Å²) < 4.78 is 5.55. The van der Waals surface area contributed by atoms with Crippen LogP contribution in [-0.4, -0.2) is 17.7 Å². The van der Waals surface area contributed by atoms with Crippen LogP contribution in [0, 0.1) is 5.92 Å². The predicted octanol–water partition coefficient (Wildman–Crippen LogP) is 10.1. The molecule has 0 amide bonds. The Morgan fingerprint density at radius 1 is 0.771 bits per heavy atom. The number of carbonyl (C=O) groups excluding carboxylic acids is 1. The SMILES string of the molecule is CCCCCCCCCCCC(CCCCCC(=O)OCC(CC)CCCC)c1cccc(O)c1. The zero-order chi connectivity index (χ0) is 25.6. The maximum absolute atomic E-state index is 12.1. The highest BCUT2D eigenvalue weighted by molar-refractivity contribution is 5.69. The van der Waals surface area contributed by atoms with Gasteiger partial charge in [0.25, 0.3) is 0 Å². The van der Waals surface area contributed by atoms with Gasteiger partial charge in [0.15, 0.2) is 0 Å². The van der Waals surface area contributed by atoms with Gasteiger partial charge in [-0.2, -0.15) is 0 Å². The first kappa shape index (κ1) is 31.5. The van der Waals surface area contributed by atoms with Crippen LogP contribution in [0.4, 0.5) is 0 Å². The zero-order valence-electron chi connectivity index (χ0n) is 23.4. The minimum atomic E-state index is -0.0285. The Kier molecular flexibility index (Phi) is 19.6. The van der Waals surface area contributed by atoms with E-state index < -0.39 is 0 Å². The van der Waals surface area contributed by atoms with Gasteiger partial charge in [-0.05, 0) is 55.2 Å². The number of hydrogen-bond acceptors (Lipinski definition) is 3. The number of benzene rings is 1. The van der Waals surface area contributed by atoms with Gasteiger partial charge in [0.1, 0.15) is 5.75 Å². The lowest BCUT2D eigenvalue weighted by molar-refractivity contribution is -0.145. The fourth-order valence-corrected chi connectivity index (χ4v) is 4.98. The molecule has 0 spiro atoms. The summed E-state index contributed by atoms with van der Waals surface area (Å²) in [6.45, 7) is 7.26. The molecule has 3 nitrogen and oxygen atoms in total. The van der Waals surface area contributed by atoms with Gasteiger partial charge in [0.2, 0.25) is 0 Å². The fraction of sp³-hybridized carbons (Fsp3) is 0.781. The topological polar surface area (TPSA) is 46.5 Å². The Morgan fingerprint density at radius 3 is 1.97 bits per heavy atom. The predicted molar refractivity (Wildman–Crippen MR) is 150 cm³/mol. The van der Waals surface area contributed by atoms with E-state index in [9.17, 15) is 9.90 Å². The molecular formula is C32H56O3. The number of hydrogen-bond donors (Lipinski definition) is 1. The summed E-state index contributed by atoms with van der Waals surface area (Å²) in [6, 6.07) is 7.83. The number of rotatable bonds is 23. The molecule has 0 radical (unpaired) electrons. The highest BCUT2D eigenvalue weighted by atomic mass is 16.5. The molecule has 1 aromatic rings. The third kappa shape index (κ3) is 16.7.